The number of aromatic nitrogens is 2. The monoisotopic (exact) mass is 316 g/mol. The Kier molecular flexibility index (Phi) is 3.57. The average molecular weight is 316 g/mol. The van der Waals surface area contributed by atoms with Gasteiger partial charge in [-0.1, -0.05) is 0 Å². The molecule has 3 fully saturated rings. The van der Waals surface area contributed by atoms with Crippen molar-refractivity contribution in [3.63, 3.8) is 0 Å². The van der Waals surface area contributed by atoms with Crippen molar-refractivity contribution >= 4 is 5.91 Å². The van der Waals surface area contributed by atoms with Gasteiger partial charge in [-0.05, 0) is 44.0 Å². The molecule has 2 aromatic rings. The van der Waals surface area contributed by atoms with Crippen molar-refractivity contribution in [2.24, 2.45) is 5.92 Å². The fourth-order valence-electron chi connectivity index (χ4n) is 3.41. The van der Waals surface area contributed by atoms with Crippen LogP contribution < -0.4 is 5.32 Å². The van der Waals surface area contributed by atoms with E-state index in [-0.39, 0.29) is 29.3 Å². The predicted molar refractivity (Wildman–Crippen MR) is 80.1 cm³/mol. The average Bonchev–Trinajstić information content (AvgIpc) is 3.06. The molecule has 1 unspecified atom stereocenters. The van der Waals surface area contributed by atoms with Gasteiger partial charge in [-0.15, -0.1) is 0 Å². The normalized spacial score (nSPS) is 26.2. The fourth-order valence-corrected chi connectivity index (χ4v) is 3.41. The van der Waals surface area contributed by atoms with Gasteiger partial charge < -0.3 is 14.6 Å². The first-order valence-electron chi connectivity index (χ1n) is 7.80. The van der Waals surface area contributed by atoms with E-state index in [4.69, 9.17) is 4.42 Å². The van der Waals surface area contributed by atoms with Gasteiger partial charge in [0.05, 0.1) is 6.20 Å². The van der Waals surface area contributed by atoms with Crippen molar-refractivity contribution in [1.29, 1.82) is 0 Å². The molecule has 2 aromatic heterocycles. The third kappa shape index (κ3) is 2.72. The van der Waals surface area contributed by atoms with Crippen LogP contribution >= 0.6 is 0 Å². The Morgan fingerprint density at radius 2 is 2.17 bits per heavy atom. The van der Waals surface area contributed by atoms with Crippen LogP contribution in [0.25, 0.3) is 11.5 Å². The highest BCUT2D eigenvalue weighted by atomic mass is 19.1. The van der Waals surface area contributed by atoms with Crippen LogP contribution in [0.3, 0.4) is 0 Å². The molecule has 0 aliphatic carbocycles. The van der Waals surface area contributed by atoms with Crippen LogP contribution in [-0.4, -0.2) is 46.5 Å². The lowest BCUT2D eigenvalue weighted by Gasteiger charge is -2.44. The Labute approximate surface area is 132 Å². The number of carbonyl (C=O) groups excluding carboxylic acids is 1. The molecule has 7 heteroatoms. The SMILES string of the molecule is O=C(NC1CN2CCC1CC2)c1ncc(-c2ncccc2F)o1. The summed E-state index contributed by atoms with van der Waals surface area (Å²) in [4.78, 5) is 22.6. The molecule has 6 nitrogen and oxygen atoms in total. The first-order valence-corrected chi connectivity index (χ1v) is 7.80. The Hall–Kier alpha value is -2.28. The van der Waals surface area contributed by atoms with Crippen LogP contribution in [0.4, 0.5) is 4.39 Å². The van der Waals surface area contributed by atoms with Crippen molar-refractivity contribution in [3.05, 3.63) is 36.2 Å². The molecule has 5 heterocycles. The van der Waals surface area contributed by atoms with E-state index in [9.17, 15) is 9.18 Å². The number of carbonyl (C=O) groups is 1. The highest BCUT2D eigenvalue weighted by molar-refractivity contribution is 5.90. The van der Waals surface area contributed by atoms with Crippen LogP contribution in [0.1, 0.15) is 23.5 Å². The zero-order valence-corrected chi connectivity index (χ0v) is 12.5. The summed E-state index contributed by atoms with van der Waals surface area (Å²) in [5, 5.41) is 2.99. The van der Waals surface area contributed by atoms with Gasteiger partial charge in [0.2, 0.25) is 0 Å². The summed E-state index contributed by atoms with van der Waals surface area (Å²) >= 11 is 0. The van der Waals surface area contributed by atoms with Crippen LogP contribution in [-0.2, 0) is 0 Å². The molecule has 1 N–H and O–H groups in total. The second kappa shape index (κ2) is 5.73. The number of amides is 1. The van der Waals surface area contributed by atoms with Gasteiger partial charge in [-0.25, -0.2) is 14.4 Å². The van der Waals surface area contributed by atoms with Crippen LogP contribution in [0.5, 0.6) is 0 Å². The van der Waals surface area contributed by atoms with Crippen molar-refractivity contribution in [3.8, 4) is 11.5 Å². The summed E-state index contributed by atoms with van der Waals surface area (Å²) in [6.45, 7) is 3.09. The van der Waals surface area contributed by atoms with E-state index in [1.54, 1.807) is 0 Å². The van der Waals surface area contributed by atoms with E-state index in [0.717, 1.165) is 32.5 Å². The third-order valence-corrected chi connectivity index (χ3v) is 4.66. The number of hydrogen-bond donors (Lipinski definition) is 1. The number of halogens is 1. The number of nitrogens with one attached hydrogen (secondary N) is 1. The summed E-state index contributed by atoms with van der Waals surface area (Å²) in [6.07, 6.45) is 5.02. The van der Waals surface area contributed by atoms with E-state index < -0.39 is 5.82 Å². The number of fused-ring (bicyclic) bond motifs is 3. The molecular weight excluding hydrogens is 299 g/mol. The van der Waals surface area contributed by atoms with Gasteiger partial charge in [-0.2, -0.15) is 0 Å². The highest BCUT2D eigenvalue weighted by Crippen LogP contribution is 2.28. The molecule has 3 aliphatic rings. The van der Waals surface area contributed by atoms with Crippen molar-refractivity contribution in [2.45, 2.75) is 18.9 Å². The number of rotatable bonds is 3. The molecule has 3 saturated heterocycles. The van der Waals surface area contributed by atoms with Crippen molar-refractivity contribution in [2.75, 3.05) is 19.6 Å². The number of piperidine rings is 3. The minimum Gasteiger partial charge on any atom is -0.431 e. The molecule has 0 saturated carbocycles. The van der Waals surface area contributed by atoms with Gasteiger partial charge in [0.1, 0.15) is 5.69 Å². The highest BCUT2D eigenvalue weighted by Gasteiger charge is 2.35. The number of nitrogens with zero attached hydrogens (tertiary/aromatic N) is 3. The summed E-state index contributed by atoms with van der Waals surface area (Å²) in [7, 11) is 0. The van der Waals surface area contributed by atoms with Crippen molar-refractivity contribution < 1.29 is 13.6 Å². The predicted octanol–water partition coefficient (Wildman–Crippen LogP) is 1.70. The van der Waals surface area contributed by atoms with Gasteiger partial charge in [0.25, 0.3) is 5.89 Å². The van der Waals surface area contributed by atoms with Gasteiger partial charge in [0, 0.05) is 18.8 Å². The molecule has 5 rings (SSSR count). The Bertz CT molecular complexity index is 724. The molecule has 120 valence electrons. The maximum atomic E-state index is 13.7. The second-order valence-electron chi connectivity index (χ2n) is 6.08. The van der Waals surface area contributed by atoms with E-state index in [1.165, 1.54) is 24.5 Å². The maximum Gasteiger partial charge on any atom is 0.307 e. The minimum atomic E-state index is -0.506. The zero-order valence-electron chi connectivity index (χ0n) is 12.5. The third-order valence-electron chi connectivity index (χ3n) is 4.66. The molecule has 0 aromatic carbocycles. The molecule has 1 atom stereocenters. The first kappa shape index (κ1) is 14.3. The fraction of sp³-hybridized carbons (Fsp3) is 0.438. The summed E-state index contributed by atoms with van der Waals surface area (Å²) in [5.74, 6) is -0.241. The minimum absolute atomic E-state index is 0.0542. The van der Waals surface area contributed by atoms with Crippen molar-refractivity contribution in [1.82, 2.24) is 20.2 Å². The molecular formula is C16H17FN4O2. The van der Waals surface area contributed by atoms with Gasteiger partial charge in [0.15, 0.2) is 11.6 Å². The number of pyridine rings is 1. The summed E-state index contributed by atoms with van der Waals surface area (Å²) in [5.41, 5.74) is 0.0573. The smallest absolute Gasteiger partial charge is 0.307 e. The Morgan fingerprint density at radius 1 is 1.35 bits per heavy atom. The zero-order chi connectivity index (χ0) is 15.8. The summed E-state index contributed by atoms with van der Waals surface area (Å²) in [6, 6.07) is 2.92. The number of hydrogen-bond acceptors (Lipinski definition) is 5. The lowest BCUT2D eigenvalue weighted by molar-refractivity contribution is 0.0602. The van der Waals surface area contributed by atoms with Gasteiger partial charge >= 0.3 is 5.91 Å². The molecule has 3 aliphatic heterocycles. The topological polar surface area (TPSA) is 71.3 Å². The maximum absolute atomic E-state index is 13.7. The first-order chi connectivity index (χ1) is 11.2. The van der Waals surface area contributed by atoms with E-state index >= 15 is 0 Å². The molecule has 23 heavy (non-hydrogen) atoms. The molecule has 0 radical (unpaired) electrons. The quantitative estimate of drug-likeness (QED) is 0.933. The van der Waals surface area contributed by atoms with Crippen LogP contribution in [0.15, 0.2) is 28.9 Å². The molecule has 1 amide bonds. The van der Waals surface area contributed by atoms with E-state index in [2.05, 4.69) is 20.2 Å². The molecule has 2 bridgehead atoms. The second-order valence-corrected chi connectivity index (χ2v) is 6.08. The van der Waals surface area contributed by atoms with E-state index in [0.29, 0.717) is 5.92 Å². The van der Waals surface area contributed by atoms with Crippen LogP contribution in [0, 0.1) is 11.7 Å². The van der Waals surface area contributed by atoms with Gasteiger partial charge in [-0.3, -0.25) is 4.79 Å². The Morgan fingerprint density at radius 3 is 2.87 bits per heavy atom. The Balaban J connectivity index is 1.48. The summed E-state index contributed by atoms with van der Waals surface area (Å²) < 4.78 is 19.1. The lowest BCUT2D eigenvalue weighted by Crippen LogP contribution is -2.57. The number of oxazole rings is 1. The van der Waals surface area contributed by atoms with E-state index in [1.807, 2.05) is 0 Å². The molecule has 0 spiro atoms. The van der Waals surface area contributed by atoms with Crippen LogP contribution in [0.2, 0.25) is 0 Å². The largest absolute Gasteiger partial charge is 0.431 e. The lowest BCUT2D eigenvalue weighted by atomic mass is 9.84. The standard InChI is InChI=1S/C16H17FN4O2/c17-11-2-1-5-18-14(11)13-8-19-16(23-13)15(22)20-12-9-21-6-3-10(12)4-7-21/h1-2,5,8,10,12H,3-4,6-7,9H2,(H,20,22).